The molecule has 0 aromatic heterocycles. The fraction of sp³-hybridized carbons (Fsp3) is 0.533. The summed E-state index contributed by atoms with van der Waals surface area (Å²) in [7, 11) is 0. The molecule has 0 heterocycles. The second-order valence-electron chi connectivity index (χ2n) is 5.46. The van der Waals surface area contributed by atoms with Gasteiger partial charge in [0, 0.05) is 10.0 Å². The topological polar surface area (TPSA) is 37.3 Å². The van der Waals surface area contributed by atoms with E-state index in [9.17, 15) is 35.5 Å². The maximum atomic E-state index is 13.8. The van der Waals surface area contributed by atoms with Crippen LogP contribution in [-0.4, -0.2) is 29.1 Å². The molecule has 1 atom stereocenters. The number of hydrogen-bond donors (Lipinski definition) is 1. The van der Waals surface area contributed by atoms with Crippen LogP contribution in [0, 0.1) is 5.92 Å². The average molecular weight is 486 g/mol. The van der Waals surface area contributed by atoms with Gasteiger partial charge in [-0.15, -0.1) is 0 Å². The van der Waals surface area contributed by atoms with E-state index in [1.807, 2.05) is 0 Å². The third-order valence-electron chi connectivity index (χ3n) is 3.45. The van der Waals surface area contributed by atoms with Crippen LogP contribution in [-0.2, 0) is 4.79 Å². The maximum absolute atomic E-state index is 13.8. The third kappa shape index (κ3) is 6.00. The highest BCUT2D eigenvalue weighted by molar-refractivity contribution is 14.1. The van der Waals surface area contributed by atoms with Crippen molar-refractivity contribution in [1.82, 2.24) is 0 Å². The van der Waals surface area contributed by atoms with Crippen LogP contribution in [0.25, 0.3) is 0 Å². The Morgan fingerprint density at radius 3 is 2.36 bits per heavy atom. The van der Waals surface area contributed by atoms with Gasteiger partial charge in [-0.25, -0.2) is 8.78 Å². The largest absolute Gasteiger partial charge is 0.481 e. The number of aliphatic carboxylic acids is 1. The first-order chi connectivity index (χ1) is 11.3. The SMILES string of the molecule is O=C(O)C1C(CCCC=CCC(F)(F)C(F)(F)F)=CC(I)=CC1(F)F. The Kier molecular flexibility index (Phi) is 7.11. The van der Waals surface area contributed by atoms with Gasteiger partial charge in [-0.1, -0.05) is 12.2 Å². The molecular formula is C15H14F7IO2. The van der Waals surface area contributed by atoms with Crippen molar-refractivity contribution in [2.75, 3.05) is 0 Å². The fourth-order valence-corrected chi connectivity index (χ4v) is 3.06. The minimum absolute atomic E-state index is 0.0154. The molecule has 0 radical (unpaired) electrons. The van der Waals surface area contributed by atoms with Gasteiger partial charge in [-0.3, -0.25) is 4.79 Å². The molecule has 1 aliphatic rings. The van der Waals surface area contributed by atoms with E-state index < -0.39 is 36.3 Å². The first-order valence-corrected chi connectivity index (χ1v) is 8.15. The first kappa shape index (κ1) is 22.0. The van der Waals surface area contributed by atoms with E-state index in [0.29, 0.717) is 12.2 Å². The van der Waals surface area contributed by atoms with E-state index in [2.05, 4.69) is 0 Å². The molecule has 1 unspecified atom stereocenters. The quantitative estimate of drug-likeness (QED) is 0.211. The van der Waals surface area contributed by atoms with Crippen molar-refractivity contribution in [2.24, 2.45) is 5.92 Å². The molecule has 0 bridgehead atoms. The van der Waals surface area contributed by atoms with E-state index in [-0.39, 0.29) is 28.4 Å². The Balaban J connectivity index is 2.59. The van der Waals surface area contributed by atoms with Crippen molar-refractivity contribution in [2.45, 2.75) is 43.7 Å². The Labute approximate surface area is 152 Å². The zero-order valence-electron chi connectivity index (χ0n) is 12.6. The molecular weight excluding hydrogens is 472 g/mol. The van der Waals surface area contributed by atoms with Crippen LogP contribution in [0.2, 0.25) is 0 Å². The summed E-state index contributed by atoms with van der Waals surface area (Å²) in [5.74, 6) is -12.1. The molecule has 2 nitrogen and oxygen atoms in total. The number of rotatable bonds is 7. The number of hydrogen-bond acceptors (Lipinski definition) is 1. The van der Waals surface area contributed by atoms with Crippen molar-refractivity contribution in [3.8, 4) is 0 Å². The number of unbranched alkanes of at least 4 members (excludes halogenated alkanes) is 1. The van der Waals surface area contributed by atoms with Crippen molar-refractivity contribution < 1.29 is 40.6 Å². The highest BCUT2D eigenvalue weighted by Gasteiger charge is 2.56. The monoisotopic (exact) mass is 486 g/mol. The zero-order chi connectivity index (χ0) is 19.5. The lowest BCUT2D eigenvalue weighted by Crippen LogP contribution is -2.36. The molecule has 0 saturated carbocycles. The van der Waals surface area contributed by atoms with Crippen LogP contribution in [0.4, 0.5) is 30.7 Å². The molecule has 0 aromatic carbocycles. The molecule has 0 aliphatic heterocycles. The molecule has 10 heteroatoms. The average Bonchev–Trinajstić information content (AvgIpc) is 2.38. The van der Waals surface area contributed by atoms with Gasteiger partial charge in [0.05, 0.1) is 0 Å². The smallest absolute Gasteiger partial charge is 0.453 e. The van der Waals surface area contributed by atoms with Crippen LogP contribution >= 0.6 is 22.6 Å². The second kappa shape index (κ2) is 8.09. The highest BCUT2D eigenvalue weighted by atomic mass is 127. The molecule has 0 amide bonds. The number of carbonyl (C=O) groups is 1. The van der Waals surface area contributed by atoms with Gasteiger partial charge in [0.15, 0.2) is 0 Å². The summed E-state index contributed by atoms with van der Waals surface area (Å²) in [5, 5.41) is 8.98. The van der Waals surface area contributed by atoms with Gasteiger partial charge in [-0.05, 0) is 59.6 Å². The molecule has 25 heavy (non-hydrogen) atoms. The predicted octanol–water partition coefficient (Wildman–Crippen LogP) is 5.90. The third-order valence-corrected chi connectivity index (χ3v) is 4.07. The van der Waals surface area contributed by atoms with Gasteiger partial charge >= 0.3 is 18.1 Å². The summed E-state index contributed by atoms with van der Waals surface area (Å²) >= 11 is 1.63. The van der Waals surface area contributed by atoms with E-state index >= 15 is 0 Å². The van der Waals surface area contributed by atoms with E-state index in [0.717, 1.165) is 6.08 Å². The number of alkyl halides is 7. The Morgan fingerprint density at radius 1 is 1.24 bits per heavy atom. The summed E-state index contributed by atoms with van der Waals surface area (Å²) in [6.45, 7) is 0. The summed E-state index contributed by atoms with van der Waals surface area (Å²) in [6.07, 6.45) is -3.33. The summed E-state index contributed by atoms with van der Waals surface area (Å²) in [5.41, 5.74) is -0.0154. The number of carboxylic acids is 1. The minimum Gasteiger partial charge on any atom is -0.481 e. The first-order valence-electron chi connectivity index (χ1n) is 7.07. The number of carboxylic acid groups (broad SMARTS) is 1. The van der Waals surface area contributed by atoms with Crippen molar-refractivity contribution in [3.63, 3.8) is 0 Å². The molecule has 142 valence electrons. The Hall–Kier alpha value is -1.07. The van der Waals surface area contributed by atoms with Gasteiger partial charge < -0.3 is 5.11 Å². The maximum Gasteiger partial charge on any atom is 0.453 e. The van der Waals surface area contributed by atoms with Crippen LogP contribution in [0.15, 0.2) is 33.5 Å². The normalized spacial score (nSPS) is 21.2. The molecule has 1 N–H and O–H groups in total. The van der Waals surface area contributed by atoms with Gasteiger partial charge in [-0.2, -0.15) is 22.0 Å². The zero-order valence-corrected chi connectivity index (χ0v) is 14.8. The van der Waals surface area contributed by atoms with Crippen molar-refractivity contribution >= 4 is 28.6 Å². The summed E-state index contributed by atoms with van der Waals surface area (Å²) in [6, 6.07) is 0. The molecule has 1 aliphatic carbocycles. The Bertz CT molecular complexity index is 591. The standard InChI is InChI=1S/C15H14F7IO2/c16-13(17)8-10(23)7-9(11(13)12(24)25)5-3-1-2-4-6-14(18,19)15(20,21)22/h2,4,7-8,11H,1,3,5-6H2,(H,24,25). The van der Waals surface area contributed by atoms with Gasteiger partial charge in [0.1, 0.15) is 5.92 Å². The lowest BCUT2D eigenvalue weighted by atomic mass is 9.85. The summed E-state index contributed by atoms with van der Waals surface area (Å²) < 4.78 is 88.9. The van der Waals surface area contributed by atoms with Gasteiger partial charge in [0.2, 0.25) is 0 Å². The second-order valence-corrected chi connectivity index (χ2v) is 6.71. The van der Waals surface area contributed by atoms with Crippen LogP contribution < -0.4 is 0 Å². The molecule has 0 spiro atoms. The number of allylic oxidation sites excluding steroid dienone is 5. The minimum atomic E-state index is -5.63. The van der Waals surface area contributed by atoms with E-state index in [4.69, 9.17) is 5.11 Å². The number of halogens is 8. The fourth-order valence-electron chi connectivity index (χ4n) is 2.25. The van der Waals surface area contributed by atoms with Crippen molar-refractivity contribution in [1.29, 1.82) is 0 Å². The summed E-state index contributed by atoms with van der Waals surface area (Å²) in [4.78, 5) is 11.1. The molecule has 1 rings (SSSR count). The Morgan fingerprint density at radius 2 is 1.84 bits per heavy atom. The molecule has 0 aromatic rings. The lowest BCUT2D eigenvalue weighted by molar-refractivity contribution is -0.280. The van der Waals surface area contributed by atoms with Gasteiger partial charge in [0.25, 0.3) is 5.92 Å². The lowest BCUT2D eigenvalue weighted by Gasteiger charge is -2.27. The molecule has 0 saturated heterocycles. The van der Waals surface area contributed by atoms with Crippen molar-refractivity contribution in [3.05, 3.63) is 33.5 Å². The highest BCUT2D eigenvalue weighted by Crippen LogP contribution is 2.41. The predicted molar refractivity (Wildman–Crippen MR) is 84.9 cm³/mol. The van der Waals surface area contributed by atoms with E-state index in [1.54, 1.807) is 22.6 Å². The van der Waals surface area contributed by atoms with Crippen LogP contribution in [0.5, 0.6) is 0 Å². The van der Waals surface area contributed by atoms with Crippen LogP contribution in [0.1, 0.15) is 25.7 Å². The molecule has 0 fully saturated rings. The van der Waals surface area contributed by atoms with Crippen LogP contribution in [0.3, 0.4) is 0 Å². The van der Waals surface area contributed by atoms with E-state index in [1.165, 1.54) is 6.08 Å².